The highest BCUT2D eigenvalue weighted by Crippen LogP contribution is 2.27. The van der Waals surface area contributed by atoms with Crippen LogP contribution in [0.25, 0.3) is 0 Å². The Hall–Kier alpha value is -2.33. The molecule has 1 atom stereocenters. The second-order valence-corrected chi connectivity index (χ2v) is 5.29. The normalized spacial score (nSPS) is 13.4. The van der Waals surface area contributed by atoms with E-state index in [0.717, 1.165) is 11.1 Å². The number of aromatic hydroxyl groups is 1. The standard InChI is InChI=1S/C17H20N2O2/c1-17(19-16(21)12-18,11-13-5-3-2-4-6-13)14-7-9-15(20)10-8-14/h2-10,20H,11-12,18H2,1H3,(H,19,21). The van der Waals surface area contributed by atoms with Gasteiger partial charge in [0.1, 0.15) is 5.75 Å². The fourth-order valence-corrected chi connectivity index (χ4v) is 2.41. The molecule has 0 saturated heterocycles. The Labute approximate surface area is 124 Å². The molecule has 4 nitrogen and oxygen atoms in total. The summed E-state index contributed by atoms with van der Waals surface area (Å²) < 4.78 is 0. The zero-order chi connectivity index (χ0) is 15.3. The fourth-order valence-electron chi connectivity index (χ4n) is 2.41. The molecular weight excluding hydrogens is 264 g/mol. The summed E-state index contributed by atoms with van der Waals surface area (Å²) in [6.07, 6.45) is 0.643. The van der Waals surface area contributed by atoms with Crippen molar-refractivity contribution >= 4 is 5.91 Å². The van der Waals surface area contributed by atoms with Gasteiger partial charge in [0, 0.05) is 0 Å². The Bertz CT molecular complexity index is 596. The Morgan fingerprint density at radius 2 is 1.76 bits per heavy atom. The summed E-state index contributed by atoms with van der Waals surface area (Å²) in [4.78, 5) is 11.8. The number of hydrogen-bond donors (Lipinski definition) is 3. The van der Waals surface area contributed by atoms with E-state index < -0.39 is 5.54 Å². The highest BCUT2D eigenvalue weighted by molar-refractivity contribution is 5.78. The lowest BCUT2D eigenvalue weighted by Crippen LogP contribution is -2.47. The highest BCUT2D eigenvalue weighted by atomic mass is 16.3. The number of nitrogens with one attached hydrogen (secondary N) is 1. The van der Waals surface area contributed by atoms with Gasteiger partial charge in [0.05, 0.1) is 12.1 Å². The molecule has 0 aliphatic rings. The molecule has 0 aliphatic heterocycles. The largest absolute Gasteiger partial charge is 0.508 e. The zero-order valence-electron chi connectivity index (χ0n) is 12.0. The minimum absolute atomic E-state index is 0.0531. The Kier molecular flexibility index (Phi) is 4.60. The van der Waals surface area contributed by atoms with Gasteiger partial charge in [-0.1, -0.05) is 42.5 Å². The van der Waals surface area contributed by atoms with Gasteiger partial charge in [-0.2, -0.15) is 0 Å². The van der Waals surface area contributed by atoms with E-state index in [4.69, 9.17) is 5.73 Å². The third kappa shape index (κ3) is 3.83. The number of hydrogen-bond acceptors (Lipinski definition) is 3. The monoisotopic (exact) mass is 284 g/mol. The van der Waals surface area contributed by atoms with Gasteiger partial charge in [-0.05, 0) is 36.6 Å². The van der Waals surface area contributed by atoms with Gasteiger partial charge in [-0.3, -0.25) is 4.79 Å². The predicted octanol–water partition coefficient (Wildman–Crippen LogP) is 1.93. The van der Waals surface area contributed by atoms with Crippen LogP contribution in [-0.2, 0) is 16.8 Å². The number of nitrogens with two attached hydrogens (primary N) is 1. The first-order chi connectivity index (χ1) is 10.0. The Morgan fingerprint density at radius 1 is 1.14 bits per heavy atom. The molecule has 0 saturated carbocycles. The summed E-state index contributed by atoms with van der Waals surface area (Å²) in [5.74, 6) is -0.00697. The SMILES string of the molecule is CC(Cc1ccccc1)(NC(=O)CN)c1ccc(O)cc1. The van der Waals surface area contributed by atoms with E-state index in [1.165, 1.54) is 0 Å². The number of amides is 1. The van der Waals surface area contributed by atoms with Crippen molar-refractivity contribution in [2.24, 2.45) is 5.73 Å². The van der Waals surface area contributed by atoms with E-state index >= 15 is 0 Å². The van der Waals surface area contributed by atoms with Gasteiger partial charge in [-0.25, -0.2) is 0 Å². The first-order valence-electron chi connectivity index (χ1n) is 6.88. The summed E-state index contributed by atoms with van der Waals surface area (Å²) in [5, 5.41) is 12.4. The average Bonchev–Trinajstić information content (AvgIpc) is 2.48. The van der Waals surface area contributed by atoms with Crippen LogP contribution in [0.1, 0.15) is 18.1 Å². The van der Waals surface area contributed by atoms with Crippen molar-refractivity contribution in [1.82, 2.24) is 5.32 Å². The second kappa shape index (κ2) is 6.41. The van der Waals surface area contributed by atoms with Crippen LogP contribution < -0.4 is 11.1 Å². The van der Waals surface area contributed by atoms with E-state index in [1.54, 1.807) is 12.1 Å². The first-order valence-corrected chi connectivity index (χ1v) is 6.88. The van der Waals surface area contributed by atoms with Crippen LogP contribution in [0.15, 0.2) is 54.6 Å². The first kappa shape index (κ1) is 15.1. The quantitative estimate of drug-likeness (QED) is 0.785. The van der Waals surface area contributed by atoms with E-state index in [2.05, 4.69) is 5.32 Å². The molecule has 0 spiro atoms. The number of phenolic OH excluding ortho intramolecular Hbond substituents is 1. The molecular formula is C17H20N2O2. The van der Waals surface area contributed by atoms with Crippen molar-refractivity contribution in [3.8, 4) is 5.75 Å². The molecule has 2 aromatic rings. The molecule has 110 valence electrons. The molecule has 0 radical (unpaired) electrons. The van der Waals surface area contributed by atoms with Crippen molar-refractivity contribution in [3.05, 3.63) is 65.7 Å². The highest BCUT2D eigenvalue weighted by Gasteiger charge is 2.28. The topological polar surface area (TPSA) is 75.4 Å². The number of carbonyl (C=O) groups is 1. The number of rotatable bonds is 5. The number of benzene rings is 2. The van der Waals surface area contributed by atoms with E-state index in [-0.39, 0.29) is 18.2 Å². The smallest absolute Gasteiger partial charge is 0.234 e. The lowest BCUT2D eigenvalue weighted by atomic mass is 9.85. The maximum Gasteiger partial charge on any atom is 0.234 e. The molecule has 2 aromatic carbocycles. The van der Waals surface area contributed by atoms with Crippen molar-refractivity contribution in [2.75, 3.05) is 6.54 Å². The summed E-state index contributed by atoms with van der Waals surface area (Å²) in [6.45, 7) is 1.91. The van der Waals surface area contributed by atoms with Crippen LogP contribution in [0.4, 0.5) is 0 Å². The summed E-state index contributed by atoms with van der Waals surface area (Å²) >= 11 is 0. The van der Waals surface area contributed by atoms with Crippen LogP contribution in [0.2, 0.25) is 0 Å². The lowest BCUT2D eigenvalue weighted by Gasteiger charge is -2.32. The van der Waals surface area contributed by atoms with Gasteiger partial charge in [0.15, 0.2) is 0 Å². The van der Waals surface area contributed by atoms with Crippen molar-refractivity contribution < 1.29 is 9.90 Å². The van der Waals surface area contributed by atoms with Crippen molar-refractivity contribution in [2.45, 2.75) is 18.9 Å². The molecule has 2 rings (SSSR count). The molecule has 0 bridgehead atoms. The van der Waals surface area contributed by atoms with E-state index in [1.807, 2.05) is 49.4 Å². The molecule has 4 N–H and O–H groups in total. The van der Waals surface area contributed by atoms with Gasteiger partial charge in [0.25, 0.3) is 0 Å². The van der Waals surface area contributed by atoms with E-state index in [9.17, 15) is 9.90 Å². The average molecular weight is 284 g/mol. The van der Waals surface area contributed by atoms with Gasteiger partial charge >= 0.3 is 0 Å². The summed E-state index contributed by atoms with van der Waals surface area (Å²) in [6, 6.07) is 16.8. The zero-order valence-corrected chi connectivity index (χ0v) is 12.0. The van der Waals surface area contributed by atoms with Crippen LogP contribution in [0.3, 0.4) is 0 Å². The lowest BCUT2D eigenvalue weighted by molar-refractivity contribution is -0.121. The van der Waals surface area contributed by atoms with E-state index in [0.29, 0.717) is 6.42 Å². The minimum atomic E-state index is -0.578. The third-order valence-corrected chi connectivity index (χ3v) is 3.51. The van der Waals surface area contributed by atoms with Gasteiger partial charge < -0.3 is 16.2 Å². The molecule has 0 aromatic heterocycles. The molecule has 1 unspecified atom stereocenters. The number of phenols is 1. The number of carbonyl (C=O) groups excluding carboxylic acids is 1. The summed E-state index contributed by atoms with van der Waals surface area (Å²) in [5.41, 5.74) is 6.88. The van der Waals surface area contributed by atoms with Gasteiger partial charge in [0.2, 0.25) is 5.91 Å². The Morgan fingerprint density at radius 3 is 2.33 bits per heavy atom. The predicted molar refractivity (Wildman–Crippen MR) is 82.8 cm³/mol. The molecule has 0 fully saturated rings. The van der Waals surface area contributed by atoms with Crippen molar-refractivity contribution in [3.63, 3.8) is 0 Å². The van der Waals surface area contributed by atoms with Gasteiger partial charge in [-0.15, -0.1) is 0 Å². The molecule has 1 amide bonds. The maximum atomic E-state index is 11.8. The van der Waals surface area contributed by atoms with Crippen LogP contribution in [0, 0.1) is 0 Å². The second-order valence-electron chi connectivity index (χ2n) is 5.29. The third-order valence-electron chi connectivity index (χ3n) is 3.51. The van der Waals surface area contributed by atoms with Crippen LogP contribution in [0.5, 0.6) is 5.75 Å². The molecule has 0 aliphatic carbocycles. The van der Waals surface area contributed by atoms with Crippen molar-refractivity contribution in [1.29, 1.82) is 0 Å². The summed E-state index contributed by atoms with van der Waals surface area (Å²) in [7, 11) is 0. The van der Waals surface area contributed by atoms with Crippen LogP contribution >= 0.6 is 0 Å². The molecule has 0 heterocycles. The Balaban J connectivity index is 2.33. The minimum Gasteiger partial charge on any atom is -0.508 e. The van der Waals surface area contributed by atoms with Crippen LogP contribution in [-0.4, -0.2) is 17.6 Å². The molecule has 21 heavy (non-hydrogen) atoms. The maximum absolute atomic E-state index is 11.8. The fraction of sp³-hybridized carbons (Fsp3) is 0.235. The molecule has 4 heteroatoms.